The van der Waals surface area contributed by atoms with Crippen LogP contribution in [0.3, 0.4) is 0 Å². The Hall–Kier alpha value is -1.98. The van der Waals surface area contributed by atoms with Gasteiger partial charge in [0.2, 0.25) is 0 Å². The van der Waals surface area contributed by atoms with Crippen LogP contribution in [0.5, 0.6) is 5.75 Å². The largest absolute Gasteiger partial charge is 0.476 e. The molecular weight excluding hydrogens is 224 g/mol. The molecule has 0 aliphatic carbocycles. The molecule has 6 heteroatoms. The van der Waals surface area contributed by atoms with E-state index < -0.39 is 11.9 Å². The molecule has 1 aromatic heterocycles. The maximum absolute atomic E-state index is 11.2. The van der Waals surface area contributed by atoms with Gasteiger partial charge in [0.15, 0.2) is 17.8 Å². The highest BCUT2D eigenvalue weighted by molar-refractivity contribution is 5.90. The van der Waals surface area contributed by atoms with E-state index in [4.69, 9.17) is 9.84 Å². The molecule has 1 N–H and O–H groups in total. The van der Waals surface area contributed by atoms with Crippen LogP contribution in [0.15, 0.2) is 0 Å². The molecule has 1 heterocycles. The lowest BCUT2D eigenvalue weighted by Crippen LogP contribution is -2.15. The van der Waals surface area contributed by atoms with Gasteiger partial charge < -0.3 is 9.84 Å². The molecule has 1 radical (unpaired) electrons. The fourth-order valence-electron chi connectivity index (χ4n) is 1.17. The van der Waals surface area contributed by atoms with E-state index in [0.717, 1.165) is 0 Å². The second-order valence-corrected chi connectivity index (χ2v) is 3.67. The van der Waals surface area contributed by atoms with Crippen LogP contribution in [0, 0.1) is 6.33 Å². The zero-order chi connectivity index (χ0) is 13.0. The number of esters is 1. The van der Waals surface area contributed by atoms with Crippen LogP contribution in [0.25, 0.3) is 0 Å². The highest BCUT2D eigenvalue weighted by Gasteiger charge is 2.22. The molecule has 0 atom stereocenters. The van der Waals surface area contributed by atoms with E-state index >= 15 is 0 Å². The lowest BCUT2D eigenvalue weighted by atomic mass is 10.1. The number of aromatic nitrogens is 2. The van der Waals surface area contributed by atoms with Gasteiger partial charge in [-0.1, -0.05) is 20.8 Å². The molecule has 91 valence electrons. The number of carboxylic acids is 1. The van der Waals surface area contributed by atoms with Crippen molar-refractivity contribution in [2.75, 3.05) is 0 Å². The first-order chi connectivity index (χ1) is 7.97. The van der Waals surface area contributed by atoms with Crippen molar-refractivity contribution >= 4 is 11.9 Å². The molecule has 0 saturated heterocycles. The standard InChI is InChI=1S/C11H13N2O4/c1-4-7(14)17-10-8(6(2)3)12-5-13-9(10)11(15)16/h6H,4H2,1-3H3,(H,15,16). The Morgan fingerprint density at radius 3 is 2.53 bits per heavy atom. The van der Waals surface area contributed by atoms with Crippen LogP contribution >= 0.6 is 0 Å². The first-order valence-corrected chi connectivity index (χ1v) is 5.19. The Balaban J connectivity index is 3.28. The van der Waals surface area contributed by atoms with Crippen molar-refractivity contribution < 1.29 is 19.4 Å². The Morgan fingerprint density at radius 1 is 1.41 bits per heavy atom. The normalized spacial score (nSPS) is 10.4. The topological polar surface area (TPSA) is 89.4 Å². The SMILES string of the molecule is CCC(=O)Oc1c(C(=O)O)n[c]nc1C(C)C. The summed E-state index contributed by atoms with van der Waals surface area (Å²) in [6.07, 6.45) is 2.40. The molecule has 0 aliphatic rings. The van der Waals surface area contributed by atoms with Gasteiger partial charge in [0.25, 0.3) is 0 Å². The number of carbonyl (C=O) groups is 2. The molecule has 0 aliphatic heterocycles. The summed E-state index contributed by atoms with van der Waals surface area (Å²) in [5, 5.41) is 8.96. The van der Waals surface area contributed by atoms with E-state index in [2.05, 4.69) is 16.3 Å². The highest BCUT2D eigenvalue weighted by atomic mass is 16.5. The second kappa shape index (κ2) is 5.38. The van der Waals surface area contributed by atoms with Crippen LogP contribution in [0.1, 0.15) is 49.3 Å². The Labute approximate surface area is 98.7 Å². The second-order valence-electron chi connectivity index (χ2n) is 3.67. The number of carbonyl (C=O) groups excluding carboxylic acids is 1. The van der Waals surface area contributed by atoms with Gasteiger partial charge >= 0.3 is 11.9 Å². The van der Waals surface area contributed by atoms with Gasteiger partial charge in [-0.2, -0.15) is 0 Å². The molecule has 6 nitrogen and oxygen atoms in total. The molecule has 0 unspecified atom stereocenters. The van der Waals surface area contributed by atoms with Gasteiger partial charge in [-0.3, -0.25) is 4.79 Å². The fourth-order valence-corrected chi connectivity index (χ4v) is 1.17. The molecular formula is C11H13N2O4. The van der Waals surface area contributed by atoms with Crippen LogP contribution in [-0.4, -0.2) is 27.0 Å². The monoisotopic (exact) mass is 237 g/mol. The van der Waals surface area contributed by atoms with E-state index in [1.807, 2.05) is 13.8 Å². The van der Waals surface area contributed by atoms with Crippen LogP contribution in [-0.2, 0) is 4.79 Å². The molecule has 0 aromatic carbocycles. The summed E-state index contributed by atoms with van der Waals surface area (Å²) in [7, 11) is 0. The summed E-state index contributed by atoms with van der Waals surface area (Å²) in [6, 6.07) is 0. The van der Waals surface area contributed by atoms with Crippen LogP contribution in [0.2, 0.25) is 0 Å². The number of aromatic carboxylic acids is 1. The van der Waals surface area contributed by atoms with Crippen molar-refractivity contribution in [3.05, 3.63) is 17.7 Å². The van der Waals surface area contributed by atoms with E-state index in [0.29, 0.717) is 5.69 Å². The third-order valence-electron chi connectivity index (χ3n) is 2.03. The summed E-state index contributed by atoms with van der Waals surface area (Å²) in [5.74, 6) is -1.97. The number of nitrogens with zero attached hydrogens (tertiary/aromatic N) is 2. The van der Waals surface area contributed by atoms with Gasteiger partial charge in [-0.25, -0.2) is 14.8 Å². The lowest BCUT2D eigenvalue weighted by Gasteiger charge is -2.12. The zero-order valence-corrected chi connectivity index (χ0v) is 9.85. The maximum atomic E-state index is 11.2. The van der Waals surface area contributed by atoms with Crippen molar-refractivity contribution in [2.24, 2.45) is 0 Å². The van der Waals surface area contributed by atoms with Crippen molar-refractivity contribution in [1.29, 1.82) is 0 Å². The predicted molar refractivity (Wildman–Crippen MR) is 57.8 cm³/mol. The minimum atomic E-state index is -1.27. The average molecular weight is 237 g/mol. The number of hydrogen-bond acceptors (Lipinski definition) is 5. The highest BCUT2D eigenvalue weighted by Crippen LogP contribution is 2.26. The lowest BCUT2D eigenvalue weighted by molar-refractivity contribution is -0.134. The number of carboxylic acid groups (broad SMARTS) is 1. The van der Waals surface area contributed by atoms with Crippen LogP contribution in [0.4, 0.5) is 0 Å². The Bertz CT molecular complexity index is 443. The summed E-state index contributed by atoms with van der Waals surface area (Å²) < 4.78 is 4.98. The molecule has 0 bridgehead atoms. The molecule has 1 aromatic rings. The molecule has 0 amide bonds. The van der Waals surface area contributed by atoms with E-state index in [1.165, 1.54) is 0 Å². The van der Waals surface area contributed by atoms with Gasteiger partial charge in [-0.15, -0.1) is 0 Å². The van der Waals surface area contributed by atoms with E-state index in [1.54, 1.807) is 6.92 Å². The summed E-state index contributed by atoms with van der Waals surface area (Å²) in [5.41, 5.74) is 0.0182. The van der Waals surface area contributed by atoms with Crippen LogP contribution < -0.4 is 4.74 Å². The Kier molecular flexibility index (Phi) is 4.14. The summed E-state index contributed by atoms with van der Waals surface area (Å²) in [6.45, 7) is 5.24. The molecule has 0 spiro atoms. The first-order valence-electron chi connectivity index (χ1n) is 5.19. The third-order valence-corrected chi connectivity index (χ3v) is 2.03. The van der Waals surface area contributed by atoms with Gasteiger partial charge in [0, 0.05) is 6.42 Å². The number of rotatable bonds is 4. The minimum Gasteiger partial charge on any atom is -0.476 e. The maximum Gasteiger partial charge on any atom is 0.358 e. The van der Waals surface area contributed by atoms with Gasteiger partial charge in [0.1, 0.15) is 0 Å². The van der Waals surface area contributed by atoms with Gasteiger partial charge in [0.05, 0.1) is 5.69 Å². The fraction of sp³-hybridized carbons (Fsp3) is 0.455. The van der Waals surface area contributed by atoms with Crippen molar-refractivity contribution in [2.45, 2.75) is 33.1 Å². The predicted octanol–water partition coefficient (Wildman–Crippen LogP) is 1.41. The van der Waals surface area contributed by atoms with Gasteiger partial charge in [-0.05, 0) is 5.92 Å². The molecule has 1 rings (SSSR count). The summed E-state index contributed by atoms with van der Waals surface area (Å²) in [4.78, 5) is 29.5. The zero-order valence-electron chi connectivity index (χ0n) is 9.85. The first kappa shape index (κ1) is 13.1. The van der Waals surface area contributed by atoms with Crippen molar-refractivity contribution in [3.63, 3.8) is 0 Å². The summed E-state index contributed by atoms with van der Waals surface area (Å²) >= 11 is 0. The number of hydrogen-bond donors (Lipinski definition) is 1. The minimum absolute atomic E-state index is 0.0851. The van der Waals surface area contributed by atoms with E-state index in [9.17, 15) is 9.59 Å². The van der Waals surface area contributed by atoms with E-state index in [-0.39, 0.29) is 23.8 Å². The third kappa shape index (κ3) is 2.99. The smallest absolute Gasteiger partial charge is 0.358 e. The quantitative estimate of drug-likeness (QED) is 0.796. The van der Waals surface area contributed by atoms with Crippen molar-refractivity contribution in [1.82, 2.24) is 9.97 Å². The van der Waals surface area contributed by atoms with Crippen molar-refractivity contribution in [3.8, 4) is 5.75 Å². The Morgan fingerprint density at radius 2 is 2.06 bits per heavy atom. The average Bonchev–Trinajstić information content (AvgIpc) is 2.28. The number of ether oxygens (including phenoxy) is 1. The molecule has 0 fully saturated rings. The molecule has 0 saturated carbocycles. The molecule has 17 heavy (non-hydrogen) atoms.